The first-order chi connectivity index (χ1) is 18.6. The second kappa shape index (κ2) is 10.8. The van der Waals surface area contributed by atoms with Gasteiger partial charge in [0, 0.05) is 43.5 Å². The molecule has 0 radical (unpaired) electrons. The number of nitrogens with zero attached hydrogens (tertiary/aromatic N) is 3. The number of nitrogen functional groups attached to an aromatic ring is 1. The zero-order chi connectivity index (χ0) is 27.7. The molecular weight excluding hydrogens is 531 g/mol. The van der Waals surface area contributed by atoms with E-state index in [1.54, 1.807) is 17.3 Å². The number of aliphatic hydroxyl groups is 1. The van der Waals surface area contributed by atoms with Crippen LogP contribution >= 0.6 is 11.3 Å². The van der Waals surface area contributed by atoms with Crippen LogP contribution in [0, 0.1) is 0 Å². The summed E-state index contributed by atoms with van der Waals surface area (Å²) >= 11 is 0.644. The highest BCUT2D eigenvalue weighted by Crippen LogP contribution is 2.43. The van der Waals surface area contributed by atoms with Gasteiger partial charge in [0.05, 0.1) is 17.4 Å². The number of nitrogens with two attached hydrogens (primary N) is 1. The lowest BCUT2D eigenvalue weighted by molar-refractivity contribution is -0.136. The van der Waals surface area contributed by atoms with Gasteiger partial charge < -0.3 is 26.2 Å². The van der Waals surface area contributed by atoms with Crippen molar-refractivity contribution in [3.63, 3.8) is 0 Å². The molecule has 3 aromatic heterocycles. The normalized spacial score (nSPS) is 15.5. The summed E-state index contributed by atoms with van der Waals surface area (Å²) < 4.78 is 41.6. The van der Waals surface area contributed by atoms with Crippen molar-refractivity contribution in [2.24, 2.45) is 0 Å². The summed E-state index contributed by atoms with van der Waals surface area (Å²) in [5.41, 5.74) is 7.14. The fraction of sp³-hybridized carbons (Fsp3) is 0.296. The Bertz CT molecular complexity index is 1470. The number of aromatic carboxylic acids is 1. The van der Waals surface area contributed by atoms with Crippen LogP contribution in [0.15, 0.2) is 54.9 Å². The number of carboxylic acid groups (broad SMARTS) is 1. The largest absolute Gasteiger partial charge is 0.477 e. The number of pyridine rings is 2. The molecule has 1 aromatic carbocycles. The topological polar surface area (TPSA) is 125 Å². The van der Waals surface area contributed by atoms with E-state index in [9.17, 15) is 28.2 Å². The average molecular weight is 558 g/mol. The summed E-state index contributed by atoms with van der Waals surface area (Å²) in [4.78, 5) is 21.3. The summed E-state index contributed by atoms with van der Waals surface area (Å²) in [5.74, 6) is -1.25. The number of hydrogen-bond donors (Lipinski definition) is 4. The van der Waals surface area contributed by atoms with Crippen molar-refractivity contribution in [1.82, 2.24) is 15.3 Å². The third-order valence-corrected chi connectivity index (χ3v) is 7.98. The van der Waals surface area contributed by atoms with Crippen LogP contribution in [-0.4, -0.2) is 51.8 Å². The Morgan fingerprint density at radius 2 is 1.90 bits per heavy atom. The van der Waals surface area contributed by atoms with Crippen LogP contribution in [0.3, 0.4) is 0 Å². The smallest absolute Gasteiger partial charge is 0.417 e. The van der Waals surface area contributed by atoms with Crippen molar-refractivity contribution >= 4 is 39.0 Å². The lowest BCUT2D eigenvalue weighted by Crippen LogP contribution is -2.44. The summed E-state index contributed by atoms with van der Waals surface area (Å²) in [6, 6.07) is 12.5. The van der Waals surface area contributed by atoms with E-state index in [0.29, 0.717) is 43.8 Å². The van der Waals surface area contributed by atoms with Crippen molar-refractivity contribution in [2.45, 2.75) is 31.2 Å². The number of piperidine rings is 1. The predicted octanol–water partition coefficient (Wildman–Crippen LogP) is 4.95. The number of anilines is 2. The number of hydrogen-bond acceptors (Lipinski definition) is 8. The fourth-order valence-corrected chi connectivity index (χ4v) is 5.75. The number of halogens is 3. The highest BCUT2D eigenvalue weighted by Gasteiger charge is 2.37. The van der Waals surface area contributed by atoms with E-state index < -0.39 is 29.5 Å². The number of aromatic nitrogens is 2. The quantitative estimate of drug-likeness (QED) is 0.252. The molecule has 0 aliphatic carbocycles. The number of nitrogens with one attached hydrogen (secondary N) is 1. The number of aliphatic hydroxyl groups excluding tert-OH is 1. The van der Waals surface area contributed by atoms with Crippen LogP contribution in [0.25, 0.3) is 21.3 Å². The molecule has 0 bridgehead atoms. The van der Waals surface area contributed by atoms with Gasteiger partial charge in [0.25, 0.3) is 0 Å². The molecule has 1 atom stereocenters. The van der Waals surface area contributed by atoms with Crippen LogP contribution < -0.4 is 16.0 Å². The molecule has 1 aliphatic heterocycles. The van der Waals surface area contributed by atoms with Gasteiger partial charge >= 0.3 is 12.1 Å². The molecule has 1 unspecified atom stereocenters. The Hall–Kier alpha value is -3.74. The zero-order valence-corrected chi connectivity index (χ0v) is 21.5. The molecule has 1 fully saturated rings. The maximum Gasteiger partial charge on any atom is 0.417 e. The van der Waals surface area contributed by atoms with E-state index in [1.165, 1.54) is 0 Å². The molecule has 5 rings (SSSR count). The number of carbonyl (C=O) groups is 1. The van der Waals surface area contributed by atoms with Crippen molar-refractivity contribution in [2.75, 3.05) is 30.3 Å². The van der Waals surface area contributed by atoms with E-state index in [0.717, 1.165) is 22.8 Å². The number of alkyl halides is 3. The minimum absolute atomic E-state index is 0.0485. The number of carboxylic acids is 1. The summed E-state index contributed by atoms with van der Waals surface area (Å²) in [7, 11) is 0. The maximum atomic E-state index is 13.9. The first-order valence-electron chi connectivity index (χ1n) is 12.3. The van der Waals surface area contributed by atoms with Gasteiger partial charge in [-0.25, -0.2) is 9.78 Å². The molecule has 39 heavy (non-hydrogen) atoms. The van der Waals surface area contributed by atoms with Gasteiger partial charge in [0.1, 0.15) is 15.5 Å². The summed E-state index contributed by atoms with van der Waals surface area (Å²) in [6.07, 6.45) is -0.657. The third-order valence-electron chi connectivity index (χ3n) is 6.89. The van der Waals surface area contributed by atoms with Gasteiger partial charge in [0.15, 0.2) is 0 Å². The molecule has 4 heterocycles. The molecule has 204 valence electrons. The van der Waals surface area contributed by atoms with Gasteiger partial charge in [-0.05, 0) is 41.7 Å². The lowest BCUT2D eigenvalue weighted by atomic mass is 10.0. The standard InChI is InChI=1S/C27H26F3N5O3S/c28-27(29,30)19-12-21(34-25-22(19)23(31)24(39-25)26(37)38)35-10-7-18(8-11-35)33-14-20(36)16-5-3-15(4-6-16)17-2-1-9-32-13-17/h1-6,9,12-13,18,20,33,36H,7-8,10-11,14,31H2,(H,37,38). The average Bonchev–Trinajstić information content (AvgIpc) is 3.28. The molecule has 0 saturated carbocycles. The van der Waals surface area contributed by atoms with Gasteiger partial charge in [0.2, 0.25) is 0 Å². The van der Waals surface area contributed by atoms with Crippen LogP contribution in [0.4, 0.5) is 24.7 Å². The SMILES string of the molecule is Nc1c(C(=O)O)sc2nc(N3CCC(NCC(O)c4ccc(-c5cccnc5)cc4)CC3)cc(C(F)(F)F)c12. The minimum Gasteiger partial charge on any atom is -0.477 e. The third kappa shape index (κ3) is 5.68. The summed E-state index contributed by atoms with van der Waals surface area (Å²) in [5, 5.41) is 23.0. The number of benzene rings is 1. The monoisotopic (exact) mass is 557 g/mol. The molecule has 1 aliphatic rings. The Labute approximate surface area is 225 Å². The molecule has 1 saturated heterocycles. The van der Waals surface area contributed by atoms with E-state index in [4.69, 9.17) is 5.73 Å². The number of fused-ring (bicyclic) bond motifs is 1. The van der Waals surface area contributed by atoms with Crippen molar-refractivity contribution in [3.05, 3.63) is 70.9 Å². The fourth-order valence-electron chi connectivity index (χ4n) is 4.79. The Morgan fingerprint density at radius 3 is 2.51 bits per heavy atom. The number of rotatable bonds is 7. The first-order valence-corrected chi connectivity index (χ1v) is 13.1. The molecule has 0 amide bonds. The molecule has 12 heteroatoms. The molecule has 8 nitrogen and oxygen atoms in total. The van der Waals surface area contributed by atoms with Gasteiger partial charge in [-0.1, -0.05) is 30.3 Å². The Kier molecular flexibility index (Phi) is 7.43. The second-order valence-corrected chi connectivity index (χ2v) is 10.4. The van der Waals surface area contributed by atoms with Crippen LogP contribution in [-0.2, 0) is 6.18 Å². The second-order valence-electron chi connectivity index (χ2n) is 9.41. The van der Waals surface area contributed by atoms with Gasteiger partial charge in [-0.2, -0.15) is 13.2 Å². The van der Waals surface area contributed by atoms with Crippen LogP contribution in [0.1, 0.15) is 39.7 Å². The van der Waals surface area contributed by atoms with Crippen molar-refractivity contribution in [1.29, 1.82) is 0 Å². The first kappa shape index (κ1) is 26.9. The van der Waals surface area contributed by atoms with E-state index in [2.05, 4.69) is 15.3 Å². The van der Waals surface area contributed by atoms with Crippen LogP contribution in [0.2, 0.25) is 0 Å². The van der Waals surface area contributed by atoms with E-state index >= 15 is 0 Å². The Balaban J connectivity index is 1.22. The van der Waals surface area contributed by atoms with E-state index in [1.807, 2.05) is 36.4 Å². The molecule has 4 aromatic rings. The maximum absolute atomic E-state index is 13.9. The van der Waals surface area contributed by atoms with Crippen LogP contribution in [0.5, 0.6) is 0 Å². The molecule has 5 N–H and O–H groups in total. The molecular formula is C27H26F3N5O3S. The minimum atomic E-state index is -4.72. The number of thiophene rings is 1. The van der Waals surface area contributed by atoms with Crippen molar-refractivity contribution in [3.8, 4) is 11.1 Å². The van der Waals surface area contributed by atoms with E-state index in [-0.39, 0.29) is 27.0 Å². The lowest BCUT2D eigenvalue weighted by Gasteiger charge is -2.34. The van der Waals surface area contributed by atoms with Crippen molar-refractivity contribution < 1.29 is 28.2 Å². The van der Waals surface area contributed by atoms with Gasteiger partial charge in [-0.15, -0.1) is 11.3 Å². The predicted molar refractivity (Wildman–Crippen MR) is 144 cm³/mol. The zero-order valence-electron chi connectivity index (χ0n) is 20.7. The summed E-state index contributed by atoms with van der Waals surface area (Å²) in [6.45, 7) is 1.25. The Morgan fingerprint density at radius 1 is 1.18 bits per heavy atom. The molecule has 0 spiro atoms. The van der Waals surface area contributed by atoms with Gasteiger partial charge in [-0.3, -0.25) is 4.98 Å². The highest BCUT2D eigenvalue weighted by atomic mass is 32.1. The highest BCUT2D eigenvalue weighted by molar-refractivity contribution is 7.21.